The highest BCUT2D eigenvalue weighted by Gasteiger charge is 2.34. The molecule has 0 N–H and O–H groups in total. The molecule has 3 nitrogen and oxygen atoms in total. The van der Waals surface area contributed by atoms with Crippen molar-refractivity contribution in [1.29, 1.82) is 0 Å². The standard InChI is InChI=1S/C13H12FNO2/c1-2-3-9-8-12(16)15(13(9)17)11-6-4-10(14)5-7-11/h3-7H,2,8H2,1H3/b9-3-. The van der Waals surface area contributed by atoms with Crippen LogP contribution in [0.1, 0.15) is 19.8 Å². The van der Waals surface area contributed by atoms with Crippen molar-refractivity contribution in [3.8, 4) is 0 Å². The number of anilines is 1. The molecule has 0 bridgehead atoms. The van der Waals surface area contributed by atoms with Crippen LogP contribution < -0.4 is 4.90 Å². The van der Waals surface area contributed by atoms with Crippen molar-refractivity contribution in [1.82, 2.24) is 0 Å². The van der Waals surface area contributed by atoms with Crippen LogP contribution in [0.4, 0.5) is 10.1 Å². The number of hydrogen-bond acceptors (Lipinski definition) is 2. The molecular weight excluding hydrogens is 221 g/mol. The Hall–Kier alpha value is -1.97. The van der Waals surface area contributed by atoms with Gasteiger partial charge in [0.25, 0.3) is 5.91 Å². The molecule has 4 heteroatoms. The summed E-state index contributed by atoms with van der Waals surface area (Å²) in [4.78, 5) is 24.8. The summed E-state index contributed by atoms with van der Waals surface area (Å²) in [7, 11) is 0. The van der Waals surface area contributed by atoms with Crippen LogP contribution in [0.2, 0.25) is 0 Å². The van der Waals surface area contributed by atoms with Gasteiger partial charge in [0.2, 0.25) is 5.91 Å². The van der Waals surface area contributed by atoms with Crippen molar-refractivity contribution in [2.45, 2.75) is 19.8 Å². The Morgan fingerprint density at radius 3 is 2.53 bits per heavy atom. The summed E-state index contributed by atoms with van der Waals surface area (Å²) >= 11 is 0. The molecule has 2 rings (SSSR count). The van der Waals surface area contributed by atoms with Gasteiger partial charge in [-0.3, -0.25) is 9.59 Å². The van der Waals surface area contributed by atoms with E-state index in [0.717, 1.165) is 4.90 Å². The van der Waals surface area contributed by atoms with E-state index in [1.807, 2.05) is 6.92 Å². The van der Waals surface area contributed by atoms with Crippen LogP contribution in [-0.4, -0.2) is 11.8 Å². The van der Waals surface area contributed by atoms with Gasteiger partial charge in [0, 0.05) is 5.57 Å². The third-order valence-corrected chi connectivity index (χ3v) is 2.60. The van der Waals surface area contributed by atoms with Gasteiger partial charge in [-0.25, -0.2) is 9.29 Å². The molecule has 0 aliphatic carbocycles. The molecule has 0 saturated carbocycles. The molecule has 0 radical (unpaired) electrons. The number of benzene rings is 1. The Labute approximate surface area is 98.5 Å². The fraction of sp³-hybridized carbons (Fsp3) is 0.231. The molecule has 0 unspecified atom stereocenters. The van der Waals surface area contributed by atoms with Gasteiger partial charge in [-0.1, -0.05) is 13.0 Å². The van der Waals surface area contributed by atoms with Crippen LogP contribution in [0.25, 0.3) is 0 Å². The fourth-order valence-corrected chi connectivity index (χ4v) is 1.83. The molecule has 0 atom stereocenters. The number of halogens is 1. The molecule has 17 heavy (non-hydrogen) atoms. The van der Waals surface area contributed by atoms with Gasteiger partial charge in [0.1, 0.15) is 5.82 Å². The topological polar surface area (TPSA) is 37.4 Å². The van der Waals surface area contributed by atoms with Crippen molar-refractivity contribution in [2.24, 2.45) is 0 Å². The lowest BCUT2D eigenvalue weighted by atomic mass is 10.2. The molecular formula is C13H12FNO2. The zero-order valence-corrected chi connectivity index (χ0v) is 9.44. The Morgan fingerprint density at radius 2 is 1.94 bits per heavy atom. The van der Waals surface area contributed by atoms with Gasteiger partial charge >= 0.3 is 0 Å². The third kappa shape index (κ3) is 2.11. The minimum Gasteiger partial charge on any atom is -0.274 e. The highest BCUT2D eigenvalue weighted by Crippen LogP contribution is 2.26. The maximum absolute atomic E-state index is 12.8. The highest BCUT2D eigenvalue weighted by atomic mass is 19.1. The van der Waals surface area contributed by atoms with Crippen LogP contribution in [0.3, 0.4) is 0 Å². The summed E-state index contributed by atoms with van der Waals surface area (Å²) in [5.41, 5.74) is 0.933. The largest absolute Gasteiger partial charge is 0.274 e. The third-order valence-electron chi connectivity index (χ3n) is 2.60. The first kappa shape index (κ1) is 11.5. The van der Waals surface area contributed by atoms with Gasteiger partial charge in [-0.2, -0.15) is 0 Å². The van der Waals surface area contributed by atoms with E-state index < -0.39 is 5.82 Å². The first-order valence-corrected chi connectivity index (χ1v) is 5.45. The lowest BCUT2D eigenvalue weighted by Crippen LogP contribution is -2.28. The Morgan fingerprint density at radius 1 is 1.29 bits per heavy atom. The van der Waals surface area contributed by atoms with E-state index in [4.69, 9.17) is 0 Å². The minimum atomic E-state index is -0.392. The second-order valence-electron chi connectivity index (χ2n) is 3.83. The molecule has 0 spiro atoms. The molecule has 1 aromatic rings. The van der Waals surface area contributed by atoms with E-state index >= 15 is 0 Å². The zero-order valence-electron chi connectivity index (χ0n) is 9.44. The maximum Gasteiger partial charge on any atom is 0.261 e. The maximum atomic E-state index is 12.8. The van der Waals surface area contributed by atoms with Crippen molar-refractivity contribution in [3.05, 3.63) is 41.7 Å². The predicted molar refractivity (Wildman–Crippen MR) is 61.9 cm³/mol. The summed E-state index contributed by atoms with van der Waals surface area (Å²) in [6.45, 7) is 1.91. The minimum absolute atomic E-state index is 0.129. The number of hydrogen-bond donors (Lipinski definition) is 0. The fourth-order valence-electron chi connectivity index (χ4n) is 1.83. The van der Waals surface area contributed by atoms with Crippen molar-refractivity contribution in [2.75, 3.05) is 4.90 Å². The number of allylic oxidation sites excluding steroid dienone is 1. The number of rotatable bonds is 2. The quantitative estimate of drug-likeness (QED) is 0.581. The number of imide groups is 1. The lowest BCUT2D eigenvalue weighted by molar-refractivity contribution is -0.120. The van der Waals surface area contributed by atoms with Crippen LogP contribution in [0.15, 0.2) is 35.9 Å². The second kappa shape index (κ2) is 4.49. The number of nitrogens with zero attached hydrogens (tertiary/aromatic N) is 1. The number of carbonyl (C=O) groups is 2. The predicted octanol–water partition coefficient (Wildman–Crippen LogP) is 2.43. The first-order chi connectivity index (χ1) is 8.13. The van der Waals surface area contributed by atoms with E-state index in [0.29, 0.717) is 17.7 Å². The van der Waals surface area contributed by atoms with Gasteiger partial charge in [0.15, 0.2) is 0 Å². The summed E-state index contributed by atoms with van der Waals surface area (Å²) in [5.74, 6) is -0.957. The van der Waals surface area contributed by atoms with Crippen LogP contribution >= 0.6 is 0 Å². The molecule has 1 saturated heterocycles. The van der Waals surface area contributed by atoms with Crippen molar-refractivity contribution >= 4 is 17.5 Å². The molecule has 0 aromatic heterocycles. The van der Waals surface area contributed by atoms with Gasteiger partial charge < -0.3 is 0 Å². The Kier molecular flexibility index (Phi) is 3.04. The van der Waals surface area contributed by atoms with E-state index in [1.54, 1.807) is 6.08 Å². The molecule has 1 fully saturated rings. The molecule has 2 amide bonds. The van der Waals surface area contributed by atoms with Crippen LogP contribution in [-0.2, 0) is 9.59 Å². The van der Waals surface area contributed by atoms with Gasteiger partial charge in [-0.15, -0.1) is 0 Å². The van der Waals surface area contributed by atoms with E-state index in [1.165, 1.54) is 24.3 Å². The SMILES string of the molecule is CC/C=C1/CC(=O)N(c2ccc(F)cc2)C1=O. The summed E-state index contributed by atoms with van der Waals surface area (Å²) in [5, 5.41) is 0. The first-order valence-electron chi connectivity index (χ1n) is 5.45. The van der Waals surface area contributed by atoms with E-state index in [9.17, 15) is 14.0 Å². The number of amides is 2. The second-order valence-corrected chi connectivity index (χ2v) is 3.83. The van der Waals surface area contributed by atoms with E-state index in [-0.39, 0.29) is 18.2 Å². The van der Waals surface area contributed by atoms with Gasteiger partial charge in [0.05, 0.1) is 12.1 Å². The monoisotopic (exact) mass is 233 g/mol. The van der Waals surface area contributed by atoms with Crippen molar-refractivity contribution in [3.63, 3.8) is 0 Å². The summed E-state index contributed by atoms with van der Waals surface area (Å²) in [6.07, 6.45) is 2.60. The summed E-state index contributed by atoms with van der Waals surface area (Å²) in [6, 6.07) is 5.33. The number of carbonyl (C=O) groups excluding carboxylic acids is 2. The normalized spacial score (nSPS) is 18.2. The lowest BCUT2D eigenvalue weighted by Gasteiger charge is -2.12. The van der Waals surface area contributed by atoms with Crippen LogP contribution in [0, 0.1) is 5.82 Å². The zero-order chi connectivity index (χ0) is 12.4. The smallest absolute Gasteiger partial charge is 0.261 e. The molecule has 1 aliphatic heterocycles. The summed E-state index contributed by atoms with van der Waals surface area (Å²) < 4.78 is 12.8. The van der Waals surface area contributed by atoms with E-state index in [2.05, 4.69) is 0 Å². The molecule has 1 aromatic carbocycles. The average molecular weight is 233 g/mol. The van der Waals surface area contributed by atoms with Crippen molar-refractivity contribution < 1.29 is 14.0 Å². The molecule has 1 aliphatic rings. The Bertz CT molecular complexity index is 491. The highest BCUT2D eigenvalue weighted by molar-refractivity contribution is 6.28. The van der Waals surface area contributed by atoms with Crippen LogP contribution in [0.5, 0.6) is 0 Å². The van der Waals surface area contributed by atoms with Gasteiger partial charge in [-0.05, 0) is 30.7 Å². The molecule has 1 heterocycles. The average Bonchev–Trinajstić information content (AvgIpc) is 2.57. The molecule has 88 valence electrons. The Balaban J connectivity index is 2.34.